The molecule has 3 rings (SSSR count). The lowest BCUT2D eigenvalue weighted by Crippen LogP contribution is -2.41. The van der Waals surface area contributed by atoms with Crippen molar-refractivity contribution < 1.29 is 9.21 Å². The summed E-state index contributed by atoms with van der Waals surface area (Å²) < 4.78 is 5.85. The van der Waals surface area contributed by atoms with E-state index in [4.69, 9.17) is 16.0 Å². The molecule has 1 aliphatic heterocycles. The van der Waals surface area contributed by atoms with Crippen molar-refractivity contribution in [3.63, 3.8) is 0 Å². The van der Waals surface area contributed by atoms with Crippen molar-refractivity contribution in [2.24, 2.45) is 0 Å². The molecule has 1 saturated heterocycles. The van der Waals surface area contributed by atoms with E-state index in [1.165, 1.54) is 0 Å². The van der Waals surface area contributed by atoms with Crippen molar-refractivity contribution in [3.05, 3.63) is 29.1 Å². The standard InChI is InChI=1S/C16H19ClN2O2S/c1-10(22-2)16(20)19-7-5-11(6-8-19)15-18-13-9-12(17)3-4-14(13)21-15/h3-4,9-11H,5-8H2,1-2H3. The molecule has 0 N–H and O–H groups in total. The first-order valence-electron chi connectivity index (χ1n) is 7.46. The van der Waals surface area contributed by atoms with E-state index in [1.807, 2.05) is 36.3 Å². The zero-order chi connectivity index (χ0) is 15.7. The van der Waals surface area contributed by atoms with Crippen LogP contribution < -0.4 is 0 Å². The molecule has 1 unspecified atom stereocenters. The van der Waals surface area contributed by atoms with Gasteiger partial charge in [-0.15, -0.1) is 0 Å². The Kier molecular flexibility index (Phi) is 4.64. The Morgan fingerprint density at radius 1 is 1.45 bits per heavy atom. The number of piperidine rings is 1. The van der Waals surface area contributed by atoms with E-state index >= 15 is 0 Å². The Balaban J connectivity index is 1.68. The fourth-order valence-corrected chi connectivity index (χ4v) is 3.31. The second-order valence-corrected chi connectivity index (χ2v) is 7.26. The van der Waals surface area contributed by atoms with Crippen LogP contribution in [0.15, 0.2) is 22.6 Å². The summed E-state index contributed by atoms with van der Waals surface area (Å²) in [7, 11) is 0. The SMILES string of the molecule is CSC(C)C(=O)N1CCC(c2nc3cc(Cl)ccc3o2)CC1. The van der Waals surface area contributed by atoms with Crippen LogP contribution in [-0.4, -0.2) is 40.4 Å². The Morgan fingerprint density at radius 3 is 2.86 bits per heavy atom. The predicted molar refractivity (Wildman–Crippen MR) is 90.6 cm³/mol. The van der Waals surface area contributed by atoms with Gasteiger partial charge in [0, 0.05) is 24.0 Å². The third-order valence-electron chi connectivity index (χ3n) is 4.22. The highest BCUT2D eigenvalue weighted by Gasteiger charge is 2.28. The van der Waals surface area contributed by atoms with Gasteiger partial charge in [-0.1, -0.05) is 11.6 Å². The van der Waals surface area contributed by atoms with Crippen LogP contribution in [0.4, 0.5) is 0 Å². The Bertz CT molecular complexity index is 680. The minimum Gasteiger partial charge on any atom is -0.440 e. The number of carbonyl (C=O) groups excluding carboxylic acids is 1. The van der Waals surface area contributed by atoms with E-state index in [0.29, 0.717) is 5.02 Å². The summed E-state index contributed by atoms with van der Waals surface area (Å²) >= 11 is 7.58. The topological polar surface area (TPSA) is 46.3 Å². The Hall–Kier alpha value is -1.20. The maximum Gasteiger partial charge on any atom is 0.235 e. The molecule has 1 aromatic carbocycles. The highest BCUT2D eigenvalue weighted by molar-refractivity contribution is 7.99. The van der Waals surface area contributed by atoms with Gasteiger partial charge in [-0.25, -0.2) is 4.98 Å². The van der Waals surface area contributed by atoms with Crippen LogP contribution in [0.3, 0.4) is 0 Å². The molecule has 1 fully saturated rings. The van der Waals surface area contributed by atoms with Gasteiger partial charge in [-0.05, 0) is 44.2 Å². The lowest BCUT2D eigenvalue weighted by molar-refractivity contribution is -0.131. The molecule has 1 aliphatic rings. The molecule has 6 heteroatoms. The lowest BCUT2D eigenvalue weighted by Gasteiger charge is -2.32. The van der Waals surface area contributed by atoms with Crippen molar-refractivity contribution in [1.29, 1.82) is 0 Å². The van der Waals surface area contributed by atoms with Gasteiger partial charge in [-0.2, -0.15) is 11.8 Å². The summed E-state index contributed by atoms with van der Waals surface area (Å²) in [5.74, 6) is 1.28. The number of oxazole rings is 1. The molecule has 0 spiro atoms. The number of carbonyl (C=O) groups is 1. The number of aromatic nitrogens is 1. The first kappa shape index (κ1) is 15.7. The fraction of sp³-hybridized carbons (Fsp3) is 0.500. The number of halogens is 1. The van der Waals surface area contributed by atoms with Crippen molar-refractivity contribution >= 4 is 40.4 Å². The molecule has 2 aromatic rings. The second-order valence-electron chi connectivity index (χ2n) is 5.64. The van der Waals surface area contributed by atoms with Crippen molar-refractivity contribution in [3.8, 4) is 0 Å². The van der Waals surface area contributed by atoms with E-state index in [0.717, 1.165) is 42.9 Å². The van der Waals surface area contributed by atoms with Gasteiger partial charge in [-0.3, -0.25) is 4.79 Å². The number of hydrogen-bond donors (Lipinski definition) is 0. The fourth-order valence-electron chi connectivity index (χ4n) is 2.80. The summed E-state index contributed by atoms with van der Waals surface area (Å²) in [6, 6.07) is 5.49. The number of amides is 1. The van der Waals surface area contributed by atoms with Crippen LogP contribution in [0.25, 0.3) is 11.1 Å². The highest BCUT2D eigenvalue weighted by Crippen LogP contribution is 2.31. The highest BCUT2D eigenvalue weighted by atomic mass is 35.5. The largest absolute Gasteiger partial charge is 0.440 e. The number of likely N-dealkylation sites (tertiary alicyclic amines) is 1. The van der Waals surface area contributed by atoms with Gasteiger partial charge >= 0.3 is 0 Å². The van der Waals surface area contributed by atoms with Crippen LogP contribution in [0.2, 0.25) is 5.02 Å². The number of fused-ring (bicyclic) bond motifs is 1. The van der Waals surface area contributed by atoms with E-state index < -0.39 is 0 Å². The van der Waals surface area contributed by atoms with Crippen LogP contribution >= 0.6 is 23.4 Å². The van der Waals surface area contributed by atoms with Crippen molar-refractivity contribution in [1.82, 2.24) is 9.88 Å². The molecule has 0 saturated carbocycles. The number of benzene rings is 1. The van der Waals surface area contributed by atoms with E-state index in [-0.39, 0.29) is 17.1 Å². The number of rotatable bonds is 3. The van der Waals surface area contributed by atoms with Crippen LogP contribution in [0.5, 0.6) is 0 Å². The molecule has 1 atom stereocenters. The smallest absolute Gasteiger partial charge is 0.235 e. The van der Waals surface area contributed by atoms with Gasteiger partial charge in [0.1, 0.15) is 5.52 Å². The number of nitrogens with zero attached hydrogens (tertiary/aromatic N) is 2. The lowest BCUT2D eigenvalue weighted by atomic mass is 9.96. The molecule has 0 bridgehead atoms. The van der Waals surface area contributed by atoms with Crippen molar-refractivity contribution in [2.45, 2.75) is 30.9 Å². The second kappa shape index (κ2) is 6.50. The molecule has 0 aliphatic carbocycles. The molecule has 0 radical (unpaired) electrons. The zero-order valence-corrected chi connectivity index (χ0v) is 14.3. The molecule has 4 nitrogen and oxygen atoms in total. The number of thioether (sulfide) groups is 1. The van der Waals surface area contributed by atoms with E-state index in [2.05, 4.69) is 4.98 Å². The number of hydrogen-bond acceptors (Lipinski definition) is 4. The van der Waals surface area contributed by atoms with Gasteiger partial charge in [0.05, 0.1) is 5.25 Å². The summed E-state index contributed by atoms with van der Waals surface area (Å²) in [4.78, 5) is 18.7. The maximum absolute atomic E-state index is 12.2. The molecule has 2 heterocycles. The third-order valence-corrected chi connectivity index (χ3v) is 5.37. The van der Waals surface area contributed by atoms with E-state index in [9.17, 15) is 4.79 Å². The molecular formula is C16H19ClN2O2S. The average Bonchev–Trinajstić information content (AvgIpc) is 2.96. The monoisotopic (exact) mass is 338 g/mol. The van der Waals surface area contributed by atoms with Crippen molar-refractivity contribution in [2.75, 3.05) is 19.3 Å². The minimum absolute atomic E-state index is 0.0306. The van der Waals surface area contributed by atoms with Crippen LogP contribution in [0.1, 0.15) is 31.6 Å². The Labute approximate surface area is 139 Å². The van der Waals surface area contributed by atoms with Gasteiger partial charge in [0.15, 0.2) is 11.5 Å². The Morgan fingerprint density at radius 2 is 2.18 bits per heavy atom. The van der Waals surface area contributed by atoms with Gasteiger partial charge in [0.2, 0.25) is 5.91 Å². The summed E-state index contributed by atoms with van der Waals surface area (Å²) in [5.41, 5.74) is 1.57. The maximum atomic E-state index is 12.2. The quantitative estimate of drug-likeness (QED) is 0.850. The summed E-state index contributed by atoms with van der Waals surface area (Å²) in [5, 5.41) is 0.696. The average molecular weight is 339 g/mol. The van der Waals surface area contributed by atoms with Crippen LogP contribution in [0, 0.1) is 0 Å². The summed E-state index contributed by atoms with van der Waals surface area (Å²) in [6.45, 7) is 3.51. The molecular weight excluding hydrogens is 320 g/mol. The van der Waals surface area contributed by atoms with Gasteiger partial charge in [0.25, 0.3) is 0 Å². The third kappa shape index (κ3) is 3.10. The first-order chi connectivity index (χ1) is 10.6. The predicted octanol–water partition coefficient (Wildman–Crippen LogP) is 3.94. The molecule has 1 amide bonds. The molecule has 1 aromatic heterocycles. The summed E-state index contributed by atoms with van der Waals surface area (Å²) in [6.07, 6.45) is 3.76. The zero-order valence-electron chi connectivity index (χ0n) is 12.7. The van der Waals surface area contributed by atoms with Crippen LogP contribution in [-0.2, 0) is 4.79 Å². The van der Waals surface area contributed by atoms with Gasteiger partial charge < -0.3 is 9.32 Å². The molecule has 22 heavy (non-hydrogen) atoms. The van der Waals surface area contributed by atoms with E-state index in [1.54, 1.807) is 11.8 Å². The first-order valence-corrected chi connectivity index (χ1v) is 9.12. The minimum atomic E-state index is 0.0306. The molecule has 118 valence electrons. The normalized spacial score (nSPS) is 17.9.